The highest BCUT2D eigenvalue weighted by molar-refractivity contribution is 5.96. The molecule has 136 valence electrons. The van der Waals surface area contributed by atoms with Gasteiger partial charge in [-0.3, -0.25) is 9.59 Å². The van der Waals surface area contributed by atoms with Gasteiger partial charge < -0.3 is 15.1 Å². The molecule has 7 nitrogen and oxygen atoms in total. The highest BCUT2D eigenvalue weighted by Crippen LogP contribution is 2.34. The molecule has 3 heterocycles. The van der Waals surface area contributed by atoms with Crippen LogP contribution in [0.3, 0.4) is 0 Å². The lowest BCUT2D eigenvalue weighted by Crippen LogP contribution is -2.30. The maximum atomic E-state index is 13.0. The largest absolute Gasteiger partial charge is 0.363 e. The van der Waals surface area contributed by atoms with Crippen LogP contribution in [0.2, 0.25) is 0 Å². The van der Waals surface area contributed by atoms with E-state index in [1.807, 2.05) is 36.0 Å². The molecule has 0 bridgehead atoms. The molecule has 1 aliphatic rings. The lowest BCUT2D eigenvalue weighted by molar-refractivity contribution is -0.114. The lowest BCUT2D eigenvalue weighted by atomic mass is 10.0. The van der Waals surface area contributed by atoms with Crippen molar-refractivity contribution in [1.29, 1.82) is 0 Å². The molecule has 0 spiro atoms. The summed E-state index contributed by atoms with van der Waals surface area (Å²) in [6.45, 7) is 2.12. The standard InChI is InChI=1S/C19H23N5O2/c1-13(25)22-17-11-15(7-8-20-17)19(26)24-10-4-5-16(24)14-6-9-21-18(12-14)23(2)3/h6-9,11-12,16H,4-5,10H2,1-3H3,(H,20,22,25)/t16-/m0/s1. The van der Waals surface area contributed by atoms with Gasteiger partial charge in [0.05, 0.1) is 6.04 Å². The molecule has 2 amide bonds. The normalized spacial score (nSPS) is 16.4. The number of hydrogen-bond acceptors (Lipinski definition) is 5. The van der Waals surface area contributed by atoms with Gasteiger partial charge >= 0.3 is 0 Å². The summed E-state index contributed by atoms with van der Waals surface area (Å²) >= 11 is 0. The summed E-state index contributed by atoms with van der Waals surface area (Å²) in [5.41, 5.74) is 1.61. The second-order valence-electron chi connectivity index (χ2n) is 6.61. The fourth-order valence-corrected chi connectivity index (χ4v) is 3.22. The van der Waals surface area contributed by atoms with Crippen LogP contribution in [0.15, 0.2) is 36.7 Å². The number of amides is 2. The van der Waals surface area contributed by atoms with Crippen molar-refractivity contribution in [3.63, 3.8) is 0 Å². The van der Waals surface area contributed by atoms with E-state index in [9.17, 15) is 9.59 Å². The molecule has 0 unspecified atom stereocenters. The van der Waals surface area contributed by atoms with E-state index in [0.717, 1.165) is 24.2 Å². The van der Waals surface area contributed by atoms with Gasteiger partial charge in [-0.05, 0) is 42.7 Å². The first-order valence-electron chi connectivity index (χ1n) is 8.63. The van der Waals surface area contributed by atoms with Gasteiger partial charge in [-0.1, -0.05) is 0 Å². The minimum absolute atomic E-state index is 0.0292. The number of anilines is 2. The number of nitrogens with one attached hydrogen (secondary N) is 1. The van der Waals surface area contributed by atoms with Crippen LogP contribution < -0.4 is 10.2 Å². The van der Waals surface area contributed by atoms with Gasteiger partial charge in [-0.25, -0.2) is 9.97 Å². The molecule has 3 rings (SSSR count). The van der Waals surface area contributed by atoms with E-state index in [0.29, 0.717) is 17.9 Å². The minimum atomic E-state index is -0.214. The maximum absolute atomic E-state index is 13.0. The van der Waals surface area contributed by atoms with E-state index in [2.05, 4.69) is 15.3 Å². The average molecular weight is 353 g/mol. The van der Waals surface area contributed by atoms with Crippen molar-refractivity contribution in [3.8, 4) is 0 Å². The average Bonchev–Trinajstić information content (AvgIpc) is 3.10. The van der Waals surface area contributed by atoms with Gasteiger partial charge in [-0.2, -0.15) is 0 Å². The van der Waals surface area contributed by atoms with Gasteiger partial charge in [0.25, 0.3) is 5.91 Å². The van der Waals surface area contributed by atoms with E-state index in [1.54, 1.807) is 24.5 Å². The molecule has 7 heteroatoms. The van der Waals surface area contributed by atoms with Gasteiger partial charge in [-0.15, -0.1) is 0 Å². The molecule has 0 aromatic carbocycles. The van der Waals surface area contributed by atoms with Crippen molar-refractivity contribution < 1.29 is 9.59 Å². The molecule has 1 atom stereocenters. The predicted molar refractivity (Wildman–Crippen MR) is 100 cm³/mol. The van der Waals surface area contributed by atoms with Crippen molar-refractivity contribution in [2.24, 2.45) is 0 Å². The third-order valence-corrected chi connectivity index (χ3v) is 4.44. The summed E-state index contributed by atoms with van der Waals surface area (Å²) in [6.07, 6.45) is 5.21. The van der Waals surface area contributed by atoms with E-state index in [-0.39, 0.29) is 17.9 Å². The lowest BCUT2D eigenvalue weighted by Gasteiger charge is -2.26. The van der Waals surface area contributed by atoms with Crippen LogP contribution in [-0.2, 0) is 4.79 Å². The quantitative estimate of drug-likeness (QED) is 0.914. The van der Waals surface area contributed by atoms with Crippen LogP contribution in [-0.4, -0.2) is 47.3 Å². The van der Waals surface area contributed by atoms with Gasteiger partial charge in [0.1, 0.15) is 11.6 Å². The second-order valence-corrected chi connectivity index (χ2v) is 6.61. The molecule has 26 heavy (non-hydrogen) atoms. The molecule has 1 saturated heterocycles. The van der Waals surface area contributed by atoms with E-state index in [1.165, 1.54) is 6.92 Å². The van der Waals surface area contributed by atoms with Gasteiger partial charge in [0, 0.05) is 45.5 Å². The topological polar surface area (TPSA) is 78.4 Å². The van der Waals surface area contributed by atoms with Crippen LogP contribution in [0.1, 0.15) is 41.7 Å². The Labute approximate surface area is 153 Å². The summed E-state index contributed by atoms with van der Waals surface area (Å²) in [6, 6.07) is 7.34. The predicted octanol–water partition coefficient (Wildman–Crippen LogP) is 2.48. The van der Waals surface area contributed by atoms with Crippen molar-refractivity contribution in [2.75, 3.05) is 30.9 Å². The number of nitrogens with zero attached hydrogens (tertiary/aromatic N) is 4. The van der Waals surface area contributed by atoms with Crippen molar-refractivity contribution >= 4 is 23.5 Å². The molecular formula is C19H23N5O2. The number of carbonyl (C=O) groups excluding carboxylic acids is 2. The summed E-state index contributed by atoms with van der Waals surface area (Å²) < 4.78 is 0. The van der Waals surface area contributed by atoms with Gasteiger partial charge in [0.15, 0.2) is 0 Å². The highest BCUT2D eigenvalue weighted by atomic mass is 16.2. The highest BCUT2D eigenvalue weighted by Gasteiger charge is 2.31. The number of pyridine rings is 2. The number of likely N-dealkylation sites (tertiary alicyclic amines) is 1. The zero-order valence-electron chi connectivity index (χ0n) is 15.3. The fraction of sp³-hybridized carbons (Fsp3) is 0.368. The fourth-order valence-electron chi connectivity index (χ4n) is 3.22. The van der Waals surface area contributed by atoms with Crippen LogP contribution in [0.5, 0.6) is 0 Å². The molecule has 1 N–H and O–H groups in total. The number of carbonyl (C=O) groups is 2. The van der Waals surface area contributed by atoms with Crippen molar-refractivity contribution in [2.45, 2.75) is 25.8 Å². The first kappa shape index (κ1) is 17.8. The van der Waals surface area contributed by atoms with Gasteiger partial charge in [0.2, 0.25) is 5.91 Å². The maximum Gasteiger partial charge on any atom is 0.254 e. The Kier molecular flexibility index (Phi) is 5.16. The van der Waals surface area contributed by atoms with Crippen LogP contribution in [0, 0.1) is 0 Å². The Bertz CT molecular complexity index is 821. The second kappa shape index (κ2) is 7.51. The minimum Gasteiger partial charge on any atom is -0.363 e. The van der Waals surface area contributed by atoms with E-state index in [4.69, 9.17) is 0 Å². The first-order chi connectivity index (χ1) is 12.5. The Morgan fingerprint density at radius 2 is 1.96 bits per heavy atom. The molecule has 1 aliphatic heterocycles. The summed E-state index contributed by atoms with van der Waals surface area (Å²) in [5.74, 6) is 0.996. The first-order valence-corrected chi connectivity index (χ1v) is 8.63. The van der Waals surface area contributed by atoms with E-state index < -0.39 is 0 Å². The molecule has 0 radical (unpaired) electrons. The summed E-state index contributed by atoms with van der Waals surface area (Å²) in [5, 5.41) is 2.62. The van der Waals surface area contributed by atoms with Crippen LogP contribution >= 0.6 is 0 Å². The van der Waals surface area contributed by atoms with Crippen LogP contribution in [0.4, 0.5) is 11.6 Å². The monoisotopic (exact) mass is 353 g/mol. The summed E-state index contributed by atoms with van der Waals surface area (Å²) in [7, 11) is 3.90. The number of hydrogen-bond donors (Lipinski definition) is 1. The SMILES string of the molecule is CC(=O)Nc1cc(C(=O)N2CCC[C@H]2c2ccnc(N(C)C)c2)ccn1. The van der Waals surface area contributed by atoms with E-state index >= 15 is 0 Å². The molecule has 1 fully saturated rings. The summed E-state index contributed by atoms with van der Waals surface area (Å²) in [4.78, 5) is 36.5. The third-order valence-electron chi connectivity index (χ3n) is 4.44. The molecule has 2 aromatic heterocycles. The Morgan fingerprint density at radius 3 is 2.69 bits per heavy atom. The van der Waals surface area contributed by atoms with Crippen molar-refractivity contribution in [1.82, 2.24) is 14.9 Å². The zero-order valence-corrected chi connectivity index (χ0v) is 15.3. The van der Waals surface area contributed by atoms with Crippen LogP contribution in [0.25, 0.3) is 0 Å². The van der Waals surface area contributed by atoms with Crippen molar-refractivity contribution in [3.05, 3.63) is 47.8 Å². The molecule has 2 aromatic rings. The molecular weight excluding hydrogens is 330 g/mol. The molecule has 0 aliphatic carbocycles. The Morgan fingerprint density at radius 1 is 1.19 bits per heavy atom. The smallest absolute Gasteiger partial charge is 0.254 e. The Hall–Kier alpha value is -2.96. The number of aromatic nitrogens is 2. The third kappa shape index (κ3) is 3.82. The number of rotatable bonds is 4. The zero-order chi connectivity index (χ0) is 18.7. The molecule has 0 saturated carbocycles. The Balaban J connectivity index is 1.85.